The zero-order valence-electron chi connectivity index (χ0n) is 7.34. The summed E-state index contributed by atoms with van der Waals surface area (Å²) in [6.45, 7) is 3.27. The molecule has 74 valence electrons. The van der Waals surface area contributed by atoms with E-state index in [0.29, 0.717) is 26.1 Å². The van der Waals surface area contributed by atoms with Crippen LogP contribution >= 0.6 is 0 Å². The van der Waals surface area contributed by atoms with Crippen molar-refractivity contribution in [2.24, 2.45) is 5.73 Å². The minimum absolute atomic E-state index is 0.398. The Kier molecular flexibility index (Phi) is 6.27. The highest BCUT2D eigenvalue weighted by atomic mass is 32.2. The third kappa shape index (κ3) is 6.53. The SMILES string of the molecule is CCCNS(=O)(=O)NCCCN. The average Bonchev–Trinajstić information content (AvgIpc) is 2.01. The van der Waals surface area contributed by atoms with Gasteiger partial charge < -0.3 is 5.73 Å². The van der Waals surface area contributed by atoms with Gasteiger partial charge in [-0.05, 0) is 19.4 Å². The molecule has 0 unspecified atom stereocenters. The number of rotatable bonds is 7. The molecule has 5 nitrogen and oxygen atoms in total. The van der Waals surface area contributed by atoms with Gasteiger partial charge >= 0.3 is 0 Å². The van der Waals surface area contributed by atoms with E-state index in [0.717, 1.165) is 6.42 Å². The number of hydrogen-bond donors (Lipinski definition) is 3. The predicted octanol–water partition coefficient (Wildman–Crippen LogP) is -0.831. The molecule has 4 N–H and O–H groups in total. The van der Waals surface area contributed by atoms with Crippen molar-refractivity contribution in [3.8, 4) is 0 Å². The monoisotopic (exact) mass is 195 g/mol. The molecule has 0 heterocycles. The molecule has 0 atom stereocenters. The second kappa shape index (κ2) is 6.36. The molecule has 0 saturated heterocycles. The van der Waals surface area contributed by atoms with Crippen LogP contribution in [0.4, 0.5) is 0 Å². The molecule has 0 aromatic rings. The Hall–Kier alpha value is -0.170. The van der Waals surface area contributed by atoms with Gasteiger partial charge in [0.2, 0.25) is 0 Å². The van der Waals surface area contributed by atoms with Gasteiger partial charge in [-0.2, -0.15) is 8.42 Å². The van der Waals surface area contributed by atoms with E-state index in [1.807, 2.05) is 6.92 Å². The van der Waals surface area contributed by atoms with Gasteiger partial charge in [-0.1, -0.05) is 6.92 Å². The smallest absolute Gasteiger partial charge is 0.276 e. The summed E-state index contributed by atoms with van der Waals surface area (Å²) in [5.74, 6) is 0. The number of nitrogens with two attached hydrogens (primary N) is 1. The molecule has 0 saturated carbocycles. The third-order valence-corrected chi connectivity index (χ3v) is 2.38. The zero-order valence-corrected chi connectivity index (χ0v) is 8.15. The largest absolute Gasteiger partial charge is 0.330 e. The van der Waals surface area contributed by atoms with Crippen LogP contribution in [0.2, 0.25) is 0 Å². The maximum Gasteiger partial charge on any atom is 0.276 e. The van der Waals surface area contributed by atoms with E-state index in [-0.39, 0.29) is 0 Å². The summed E-state index contributed by atoms with van der Waals surface area (Å²) in [7, 11) is -3.27. The lowest BCUT2D eigenvalue weighted by Gasteiger charge is -2.05. The van der Waals surface area contributed by atoms with E-state index >= 15 is 0 Å². The highest BCUT2D eigenvalue weighted by molar-refractivity contribution is 7.87. The first-order valence-corrected chi connectivity index (χ1v) is 5.55. The fourth-order valence-corrected chi connectivity index (χ4v) is 1.58. The normalized spacial score (nSPS) is 11.8. The Morgan fingerprint density at radius 2 is 1.83 bits per heavy atom. The second-order valence-electron chi connectivity index (χ2n) is 2.43. The summed E-state index contributed by atoms with van der Waals surface area (Å²) >= 11 is 0. The minimum atomic E-state index is -3.27. The van der Waals surface area contributed by atoms with Gasteiger partial charge in [0.05, 0.1) is 0 Å². The molecule has 0 fully saturated rings. The number of nitrogens with one attached hydrogen (secondary N) is 2. The topological polar surface area (TPSA) is 84.2 Å². The van der Waals surface area contributed by atoms with Crippen LogP contribution in [0.3, 0.4) is 0 Å². The quantitative estimate of drug-likeness (QED) is 0.464. The van der Waals surface area contributed by atoms with E-state index in [9.17, 15) is 8.42 Å². The summed E-state index contributed by atoms with van der Waals surface area (Å²) in [5.41, 5.74) is 5.20. The summed E-state index contributed by atoms with van der Waals surface area (Å²) in [6, 6.07) is 0. The van der Waals surface area contributed by atoms with E-state index in [4.69, 9.17) is 5.73 Å². The lowest BCUT2D eigenvalue weighted by atomic mass is 10.4. The summed E-state index contributed by atoms with van der Waals surface area (Å²) < 4.78 is 26.8. The first kappa shape index (κ1) is 11.8. The Bertz CT molecular complexity index is 191. The Morgan fingerprint density at radius 3 is 2.33 bits per heavy atom. The summed E-state index contributed by atoms with van der Waals surface area (Å²) in [6.07, 6.45) is 1.45. The standard InChI is InChI=1S/C6H17N3O2S/c1-2-5-8-12(10,11)9-6-3-4-7/h8-9H,2-7H2,1H3. The van der Waals surface area contributed by atoms with Gasteiger partial charge in [0, 0.05) is 13.1 Å². The van der Waals surface area contributed by atoms with Gasteiger partial charge in [0.15, 0.2) is 0 Å². The maximum atomic E-state index is 11.0. The highest BCUT2D eigenvalue weighted by Crippen LogP contribution is 1.79. The second-order valence-corrected chi connectivity index (χ2v) is 4.02. The molecule has 0 spiro atoms. The van der Waals surface area contributed by atoms with Gasteiger partial charge in [0.25, 0.3) is 10.2 Å². The van der Waals surface area contributed by atoms with Crippen molar-refractivity contribution >= 4 is 10.2 Å². The Labute approximate surface area is 73.9 Å². The minimum Gasteiger partial charge on any atom is -0.330 e. The molecule has 0 aromatic heterocycles. The molecule has 0 aliphatic rings. The molecule has 0 aliphatic heterocycles. The zero-order chi connectivity index (χ0) is 9.45. The lowest BCUT2D eigenvalue weighted by Crippen LogP contribution is -2.37. The predicted molar refractivity (Wildman–Crippen MR) is 48.9 cm³/mol. The van der Waals surface area contributed by atoms with Crippen molar-refractivity contribution in [2.75, 3.05) is 19.6 Å². The van der Waals surface area contributed by atoms with Crippen molar-refractivity contribution < 1.29 is 8.42 Å². The molecule has 0 aliphatic carbocycles. The number of hydrogen-bond acceptors (Lipinski definition) is 3. The van der Waals surface area contributed by atoms with Crippen molar-refractivity contribution in [3.05, 3.63) is 0 Å². The van der Waals surface area contributed by atoms with E-state index < -0.39 is 10.2 Å². The van der Waals surface area contributed by atoms with E-state index in [2.05, 4.69) is 9.44 Å². The molecule has 0 bridgehead atoms. The molecule has 12 heavy (non-hydrogen) atoms. The van der Waals surface area contributed by atoms with Crippen LogP contribution in [0.25, 0.3) is 0 Å². The summed E-state index contributed by atoms with van der Waals surface area (Å²) in [4.78, 5) is 0. The molecule has 0 radical (unpaired) electrons. The first-order valence-electron chi connectivity index (χ1n) is 4.06. The molecule has 0 amide bonds. The molecule has 0 aromatic carbocycles. The third-order valence-electron chi connectivity index (χ3n) is 1.22. The van der Waals surface area contributed by atoms with Crippen LogP contribution < -0.4 is 15.2 Å². The van der Waals surface area contributed by atoms with Gasteiger partial charge in [-0.25, -0.2) is 9.44 Å². The summed E-state index contributed by atoms with van der Waals surface area (Å²) in [5, 5.41) is 0. The van der Waals surface area contributed by atoms with Crippen molar-refractivity contribution in [3.63, 3.8) is 0 Å². The fourth-order valence-electron chi connectivity index (χ4n) is 0.596. The molecule has 6 heteroatoms. The average molecular weight is 195 g/mol. The molecule has 0 rings (SSSR count). The van der Waals surface area contributed by atoms with Crippen LogP contribution in [-0.4, -0.2) is 28.1 Å². The molecular formula is C6H17N3O2S. The fraction of sp³-hybridized carbons (Fsp3) is 1.00. The van der Waals surface area contributed by atoms with Gasteiger partial charge in [-0.3, -0.25) is 0 Å². The van der Waals surface area contributed by atoms with Crippen LogP contribution in [0.5, 0.6) is 0 Å². The van der Waals surface area contributed by atoms with Crippen LogP contribution in [0.1, 0.15) is 19.8 Å². The van der Waals surface area contributed by atoms with Gasteiger partial charge in [0.1, 0.15) is 0 Å². The van der Waals surface area contributed by atoms with Crippen LogP contribution in [0.15, 0.2) is 0 Å². The van der Waals surface area contributed by atoms with Gasteiger partial charge in [-0.15, -0.1) is 0 Å². The Morgan fingerprint density at radius 1 is 1.25 bits per heavy atom. The van der Waals surface area contributed by atoms with Crippen molar-refractivity contribution in [1.29, 1.82) is 0 Å². The van der Waals surface area contributed by atoms with E-state index in [1.165, 1.54) is 0 Å². The van der Waals surface area contributed by atoms with Crippen LogP contribution in [-0.2, 0) is 10.2 Å². The lowest BCUT2D eigenvalue weighted by molar-refractivity contribution is 0.564. The maximum absolute atomic E-state index is 11.0. The first-order chi connectivity index (χ1) is 5.62. The highest BCUT2D eigenvalue weighted by Gasteiger charge is 2.05. The van der Waals surface area contributed by atoms with Crippen molar-refractivity contribution in [2.45, 2.75) is 19.8 Å². The van der Waals surface area contributed by atoms with E-state index in [1.54, 1.807) is 0 Å². The van der Waals surface area contributed by atoms with Crippen molar-refractivity contribution in [1.82, 2.24) is 9.44 Å². The van der Waals surface area contributed by atoms with Crippen LogP contribution in [0, 0.1) is 0 Å². The molecular weight excluding hydrogens is 178 g/mol. The Balaban J connectivity index is 3.58.